The molecule has 0 fully saturated rings. The fourth-order valence-electron chi connectivity index (χ4n) is 2.16. The largest absolute Gasteiger partial charge is 0.467 e. The summed E-state index contributed by atoms with van der Waals surface area (Å²) in [6, 6.07) is 7.67. The van der Waals surface area contributed by atoms with Crippen molar-refractivity contribution in [1.82, 2.24) is 14.9 Å². The van der Waals surface area contributed by atoms with Gasteiger partial charge in [0.05, 0.1) is 13.4 Å². The third-order valence-corrected chi connectivity index (χ3v) is 3.86. The third-order valence-electron chi connectivity index (χ3n) is 3.86. The number of benzene rings is 1. The van der Waals surface area contributed by atoms with Crippen molar-refractivity contribution in [3.8, 4) is 5.69 Å². The zero-order chi connectivity index (χ0) is 17.6. The van der Waals surface area contributed by atoms with Gasteiger partial charge in [-0.3, -0.25) is 4.79 Å². The van der Waals surface area contributed by atoms with Gasteiger partial charge < -0.3 is 14.6 Å². The lowest BCUT2D eigenvalue weighted by atomic mass is 9.99. The number of amides is 1. The Morgan fingerprint density at radius 2 is 2.04 bits per heavy atom. The van der Waals surface area contributed by atoms with E-state index in [1.54, 1.807) is 25.5 Å². The Kier molecular flexibility index (Phi) is 5.52. The first-order valence-electron chi connectivity index (χ1n) is 7.65. The van der Waals surface area contributed by atoms with Gasteiger partial charge >= 0.3 is 5.97 Å². The zero-order valence-electron chi connectivity index (χ0n) is 14.0. The lowest BCUT2D eigenvalue weighted by molar-refractivity contribution is -0.149. The van der Waals surface area contributed by atoms with Gasteiger partial charge in [0, 0.05) is 24.2 Å². The molecule has 0 unspecified atom stereocenters. The van der Waals surface area contributed by atoms with Crippen molar-refractivity contribution in [2.24, 2.45) is 0 Å². The van der Waals surface area contributed by atoms with Crippen LogP contribution in [0.15, 0.2) is 49.1 Å². The lowest BCUT2D eigenvalue weighted by Gasteiger charge is -2.25. The SMILES string of the molecule is CC[C@@](C)(NC(=O)/C=C/c1ccc(-n2ccnc2)cc1)C(=O)OC. The minimum Gasteiger partial charge on any atom is -0.467 e. The Morgan fingerprint density at radius 3 is 2.58 bits per heavy atom. The van der Waals surface area contributed by atoms with Crippen molar-refractivity contribution in [2.45, 2.75) is 25.8 Å². The summed E-state index contributed by atoms with van der Waals surface area (Å²) < 4.78 is 6.63. The van der Waals surface area contributed by atoms with Gasteiger partial charge in [0.2, 0.25) is 5.91 Å². The molecule has 0 bridgehead atoms. The molecule has 126 valence electrons. The van der Waals surface area contributed by atoms with E-state index >= 15 is 0 Å². The summed E-state index contributed by atoms with van der Waals surface area (Å²) in [5.74, 6) is -0.806. The normalized spacial score (nSPS) is 13.5. The van der Waals surface area contributed by atoms with Crippen LogP contribution in [0.5, 0.6) is 0 Å². The molecule has 0 aliphatic rings. The van der Waals surface area contributed by atoms with Crippen molar-refractivity contribution < 1.29 is 14.3 Å². The van der Waals surface area contributed by atoms with Gasteiger partial charge in [-0.2, -0.15) is 0 Å². The molecule has 1 N–H and O–H groups in total. The van der Waals surface area contributed by atoms with Crippen LogP contribution in [0, 0.1) is 0 Å². The first kappa shape index (κ1) is 17.5. The van der Waals surface area contributed by atoms with Crippen molar-refractivity contribution in [2.75, 3.05) is 7.11 Å². The number of aromatic nitrogens is 2. The molecule has 24 heavy (non-hydrogen) atoms. The van der Waals surface area contributed by atoms with Gasteiger partial charge in [-0.05, 0) is 37.1 Å². The Balaban J connectivity index is 2.02. The number of carbonyl (C=O) groups excluding carboxylic acids is 2. The highest BCUT2D eigenvalue weighted by atomic mass is 16.5. The quantitative estimate of drug-likeness (QED) is 0.653. The number of imidazole rings is 1. The summed E-state index contributed by atoms with van der Waals surface area (Å²) in [5.41, 5.74) is 0.838. The van der Waals surface area contributed by atoms with Crippen molar-refractivity contribution in [1.29, 1.82) is 0 Å². The van der Waals surface area contributed by atoms with Gasteiger partial charge in [-0.15, -0.1) is 0 Å². The molecule has 2 aromatic rings. The predicted octanol–water partition coefficient (Wildman–Crippen LogP) is 2.34. The Bertz CT molecular complexity index is 720. The van der Waals surface area contributed by atoms with Crippen LogP contribution in [-0.2, 0) is 14.3 Å². The van der Waals surface area contributed by atoms with Crippen LogP contribution in [0.2, 0.25) is 0 Å². The Morgan fingerprint density at radius 1 is 1.33 bits per heavy atom. The molecule has 1 heterocycles. The van der Waals surface area contributed by atoms with Crippen LogP contribution < -0.4 is 5.32 Å². The molecule has 0 spiro atoms. The van der Waals surface area contributed by atoms with Gasteiger partial charge in [0.1, 0.15) is 5.54 Å². The molecule has 1 aromatic heterocycles. The van der Waals surface area contributed by atoms with Crippen LogP contribution in [0.4, 0.5) is 0 Å². The number of esters is 1. The van der Waals surface area contributed by atoms with Crippen molar-refractivity contribution >= 4 is 18.0 Å². The maximum absolute atomic E-state index is 12.0. The smallest absolute Gasteiger partial charge is 0.331 e. The second-order valence-corrected chi connectivity index (χ2v) is 5.56. The number of nitrogens with zero attached hydrogens (tertiary/aromatic N) is 2. The van der Waals surface area contributed by atoms with Gasteiger partial charge in [0.25, 0.3) is 0 Å². The van der Waals surface area contributed by atoms with Crippen LogP contribution in [0.25, 0.3) is 11.8 Å². The number of rotatable bonds is 6. The van der Waals surface area contributed by atoms with E-state index in [0.29, 0.717) is 6.42 Å². The number of hydrogen-bond acceptors (Lipinski definition) is 4. The van der Waals surface area contributed by atoms with E-state index in [4.69, 9.17) is 4.74 Å². The van der Waals surface area contributed by atoms with Gasteiger partial charge in [0.15, 0.2) is 0 Å². The van der Waals surface area contributed by atoms with E-state index in [0.717, 1.165) is 11.3 Å². The lowest BCUT2D eigenvalue weighted by Crippen LogP contribution is -2.51. The molecule has 2 rings (SSSR count). The molecule has 0 radical (unpaired) electrons. The van der Waals surface area contributed by atoms with Gasteiger partial charge in [-0.1, -0.05) is 19.1 Å². The molecule has 0 aliphatic carbocycles. The highest BCUT2D eigenvalue weighted by Crippen LogP contribution is 2.13. The number of carbonyl (C=O) groups is 2. The summed E-state index contributed by atoms with van der Waals surface area (Å²) in [4.78, 5) is 27.8. The number of ether oxygens (including phenoxy) is 1. The maximum atomic E-state index is 12.0. The van der Waals surface area contributed by atoms with E-state index in [1.807, 2.05) is 42.0 Å². The average molecular weight is 327 g/mol. The molecule has 6 heteroatoms. The molecule has 1 amide bonds. The Labute approximate surface area is 141 Å². The molecule has 0 saturated heterocycles. The first-order valence-corrected chi connectivity index (χ1v) is 7.65. The van der Waals surface area contributed by atoms with E-state index in [-0.39, 0.29) is 5.91 Å². The minimum absolute atomic E-state index is 0.344. The fourth-order valence-corrected chi connectivity index (χ4v) is 2.16. The summed E-state index contributed by atoms with van der Waals surface area (Å²) in [5, 5.41) is 2.69. The number of nitrogens with one attached hydrogen (secondary N) is 1. The summed E-state index contributed by atoms with van der Waals surface area (Å²) in [6.45, 7) is 3.46. The van der Waals surface area contributed by atoms with Crippen LogP contribution in [0.1, 0.15) is 25.8 Å². The van der Waals surface area contributed by atoms with E-state index in [1.165, 1.54) is 13.2 Å². The molecule has 0 aliphatic heterocycles. The minimum atomic E-state index is -1.03. The van der Waals surface area contributed by atoms with E-state index in [9.17, 15) is 9.59 Å². The molecular formula is C18H21N3O3. The summed E-state index contributed by atoms with van der Waals surface area (Å²) >= 11 is 0. The Hall–Kier alpha value is -2.89. The molecule has 1 atom stereocenters. The molecule has 6 nitrogen and oxygen atoms in total. The predicted molar refractivity (Wildman–Crippen MR) is 91.5 cm³/mol. The molecule has 0 saturated carbocycles. The second-order valence-electron chi connectivity index (χ2n) is 5.56. The zero-order valence-corrected chi connectivity index (χ0v) is 14.0. The van der Waals surface area contributed by atoms with Crippen LogP contribution in [-0.4, -0.2) is 34.1 Å². The topological polar surface area (TPSA) is 73.2 Å². The highest BCUT2D eigenvalue weighted by Gasteiger charge is 2.33. The molecule has 1 aromatic carbocycles. The average Bonchev–Trinajstić information content (AvgIpc) is 3.14. The fraction of sp³-hybridized carbons (Fsp3) is 0.278. The van der Waals surface area contributed by atoms with Gasteiger partial charge in [-0.25, -0.2) is 9.78 Å². The first-order chi connectivity index (χ1) is 11.5. The summed E-state index contributed by atoms with van der Waals surface area (Å²) in [7, 11) is 1.31. The van der Waals surface area contributed by atoms with Crippen LogP contribution >= 0.6 is 0 Å². The third kappa shape index (κ3) is 4.10. The van der Waals surface area contributed by atoms with E-state index in [2.05, 4.69) is 10.3 Å². The van der Waals surface area contributed by atoms with Crippen molar-refractivity contribution in [3.05, 3.63) is 54.6 Å². The highest BCUT2D eigenvalue weighted by molar-refractivity contribution is 5.96. The monoisotopic (exact) mass is 327 g/mol. The second kappa shape index (κ2) is 7.59. The standard InChI is InChI=1S/C18H21N3O3/c1-4-18(2,17(23)24-3)20-16(22)10-7-14-5-8-15(9-6-14)21-12-11-19-13-21/h5-13H,4H2,1-3H3,(H,20,22)/b10-7+/t18-/m1/s1. The number of methoxy groups -OCH3 is 1. The summed E-state index contributed by atoms with van der Waals surface area (Å²) in [6.07, 6.45) is 8.83. The van der Waals surface area contributed by atoms with E-state index < -0.39 is 11.5 Å². The maximum Gasteiger partial charge on any atom is 0.331 e. The molecular weight excluding hydrogens is 306 g/mol. The number of hydrogen-bond donors (Lipinski definition) is 1. The van der Waals surface area contributed by atoms with Crippen LogP contribution in [0.3, 0.4) is 0 Å². The van der Waals surface area contributed by atoms with Crippen molar-refractivity contribution in [3.63, 3.8) is 0 Å².